The fraction of sp³-hybridized carbons (Fsp3) is 0.0625. The molecule has 4 rings (SSSR count). The van der Waals surface area contributed by atoms with Crippen LogP contribution in [0.15, 0.2) is 48.7 Å². The quantitative estimate of drug-likeness (QED) is 0.406. The Balaban J connectivity index is 1.89. The van der Waals surface area contributed by atoms with Gasteiger partial charge in [0.2, 0.25) is 0 Å². The van der Waals surface area contributed by atoms with Gasteiger partial charge in [0.15, 0.2) is 4.96 Å². The van der Waals surface area contributed by atoms with Gasteiger partial charge < -0.3 is 0 Å². The van der Waals surface area contributed by atoms with Crippen molar-refractivity contribution in [3.8, 4) is 11.3 Å². The van der Waals surface area contributed by atoms with Crippen molar-refractivity contribution < 1.29 is 4.92 Å². The second kappa shape index (κ2) is 4.64. The first kappa shape index (κ1) is 13.0. The van der Waals surface area contributed by atoms with Crippen LogP contribution in [0.2, 0.25) is 0 Å². The number of non-ortho nitro benzene ring substituents is 1. The van der Waals surface area contributed by atoms with Gasteiger partial charge in [0.05, 0.1) is 20.8 Å². The summed E-state index contributed by atoms with van der Waals surface area (Å²) < 4.78 is 3.22. The normalized spacial score (nSPS) is 11.3. The molecule has 0 spiro atoms. The van der Waals surface area contributed by atoms with Gasteiger partial charge in [-0.2, -0.15) is 0 Å². The maximum absolute atomic E-state index is 10.9. The molecule has 0 aliphatic carbocycles. The number of aromatic nitrogens is 2. The van der Waals surface area contributed by atoms with Crippen molar-refractivity contribution in [3.63, 3.8) is 0 Å². The van der Waals surface area contributed by atoms with Crippen molar-refractivity contribution in [2.24, 2.45) is 0 Å². The van der Waals surface area contributed by atoms with Crippen LogP contribution < -0.4 is 0 Å². The Bertz CT molecular complexity index is 1030. The Hall–Kier alpha value is -2.73. The maximum atomic E-state index is 10.9. The van der Waals surface area contributed by atoms with Crippen LogP contribution in [0, 0.1) is 17.0 Å². The summed E-state index contributed by atoms with van der Waals surface area (Å²) in [6.45, 7) is 2.07. The molecule has 0 radical (unpaired) electrons. The lowest BCUT2D eigenvalue weighted by Crippen LogP contribution is -1.88. The second-order valence-corrected chi connectivity index (χ2v) is 6.17. The molecule has 0 aliphatic heterocycles. The number of hydrogen-bond acceptors (Lipinski definition) is 4. The molecule has 2 aromatic heterocycles. The Labute approximate surface area is 129 Å². The SMILES string of the molecule is Cc1ccc2c(c1)sc1nc(-c3cccc([N+](=O)[O-])c3)cn12. The van der Waals surface area contributed by atoms with E-state index in [2.05, 4.69) is 30.1 Å². The lowest BCUT2D eigenvalue weighted by Gasteiger charge is -1.96. The third-order valence-electron chi connectivity index (χ3n) is 3.60. The molecular weight excluding hydrogens is 298 g/mol. The number of nitrogens with zero attached hydrogens (tertiary/aromatic N) is 3. The van der Waals surface area contributed by atoms with E-state index in [1.165, 1.54) is 16.3 Å². The molecular formula is C16H11N3O2S. The monoisotopic (exact) mass is 309 g/mol. The van der Waals surface area contributed by atoms with Crippen LogP contribution in [-0.4, -0.2) is 14.3 Å². The number of benzene rings is 2. The van der Waals surface area contributed by atoms with E-state index in [4.69, 9.17) is 0 Å². The summed E-state index contributed by atoms with van der Waals surface area (Å²) in [6, 6.07) is 12.9. The molecule has 4 aromatic rings. The summed E-state index contributed by atoms with van der Waals surface area (Å²) in [5.41, 5.74) is 3.91. The van der Waals surface area contributed by atoms with Crippen LogP contribution >= 0.6 is 11.3 Å². The number of rotatable bonds is 2. The lowest BCUT2D eigenvalue weighted by atomic mass is 10.1. The fourth-order valence-electron chi connectivity index (χ4n) is 2.53. The zero-order valence-electron chi connectivity index (χ0n) is 11.7. The van der Waals surface area contributed by atoms with Gasteiger partial charge in [0.25, 0.3) is 5.69 Å². The summed E-state index contributed by atoms with van der Waals surface area (Å²) >= 11 is 1.62. The number of thiazole rings is 1. The highest BCUT2D eigenvalue weighted by atomic mass is 32.1. The number of nitro groups is 1. The van der Waals surface area contributed by atoms with E-state index < -0.39 is 0 Å². The minimum atomic E-state index is -0.389. The molecule has 6 heteroatoms. The summed E-state index contributed by atoms with van der Waals surface area (Å²) in [6.07, 6.45) is 1.93. The maximum Gasteiger partial charge on any atom is 0.270 e. The van der Waals surface area contributed by atoms with Crippen molar-refractivity contribution in [1.29, 1.82) is 0 Å². The van der Waals surface area contributed by atoms with Gasteiger partial charge in [-0.15, -0.1) is 0 Å². The fourth-order valence-corrected chi connectivity index (χ4v) is 3.63. The van der Waals surface area contributed by atoms with Crippen LogP contribution in [0.1, 0.15) is 5.56 Å². The predicted octanol–water partition coefficient (Wildman–Crippen LogP) is 4.43. The molecule has 2 heterocycles. The zero-order chi connectivity index (χ0) is 15.3. The van der Waals surface area contributed by atoms with Gasteiger partial charge in [0.1, 0.15) is 0 Å². The van der Waals surface area contributed by atoms with Gasteiger partial charge >= 0.3 is 0 Å². The first-order valence-electron chi connectivity index (χ1n) is 6.75. The largest absolute Gasteiger partial charge is 0.290 e. The molecule has 0 N–H and O–H groups in total. The number of nitro benzene ring substituents is 1. The van der Waals surface area contributed by atoms with Crippen molar-refractivity contribution in [3.05, 3.63) is 64.3 Å². The number of aryl methyl sites for hydroxylation is 1. The minimum Gasteiger partial charge on any atom is -0.290 e. The first-order valence-corrected chi connectivity index (χ1v) is 7.56. The molecule has 0 fully saturated rings. The number of hydrogen-bond donors (Lipinski definition) is 0. The minimum absolute atomic E-state index is 0.0781. The van der Waals surface area contributed by atoms with Crippen LogP contribution in [0.4, 0.5) is 5.69 Å². The molecule has 0 saturated carbocycles. The number of fused-ring (bicyclic) bond motifs is 3. The molecule has 0 amide bonds. The van der Waals surface area contributed by atoms with Crippen molar-refractivity contribution >= 4 is 32.2 Å². The standard InChI is InChI=1S/C16H11N3O2S/c1-10-5-6-14-15(7-10)22-16-17-13(9-18(14)16)11-3-2-4-12(8-11)19(20)21/h2-9H,1H3. The zero-order valence-corrected chi connectivity index (χ0v) is 12.5. The Morgan fingerprint density at radius 1 is 1.23 bits per heavy atom. The number of imidazole rings is 1. The van der Waals surface area contributed by atoms with Crippen molar-refractivity contribution in [2.75, 3.05) is 0 Å². The van der Waals surface area contributed by atoms with Gasteiger partial charge in [0, 0.05) is 23.9 Å². The highest BCUT2D eigenvalue weighted by Crippen LogP contribution is 2.30. The molecule has 108 valence electrons. The van der Waals surface area contributed by atoms with Crippen LogP contribution in [-0.2, 0) is 0 Å². The van der Waals surface area contributed by atoms with Crippen LogP contribution in [0.3, 0.4) is 0 Å². The first-order chi connectivity index (χ1) is 10.6. The predicted molar refractivity (Wildman–Crippen MR) is 87.4 cm³/mol. The van der Waals surface area contributed by atoms with E-state index >= 15 is 0 Å². The molecule has 22 heavy (non-hydrogen) atoms. The average molecular weight is 309 g/mol. The lowest BCUT2D eigenvalue weighted by molar-refractivity contribution is -0.384. The second-order valence-electron chi connectivity index (χ2n) is 5.16. The Morgan fingerprint density at radius 3 is 2.91 bits per heavy atom. The average Bonchev–Trinajstić information content (AvgIpc) is 3.04. The molecule has 0 saturated heterocycles. The van der Waals surface area contributed by atoms with E-state index in [1.807, 2.05) is 16.7 Å². The van der Waals surface area contributed by atoms with E-state index in [1.54, 1.807) is 23.5 Å². The van der Waals surface area contributed by atoms with Gasteiger partial charge in [-0.25, -0.2) is 4.98 Å². The molecule has 2 aromatic carbocycles. The van der Waals surface area contributed by atoms with E-state index in [0.29, 0.717) is 0 Å². The smallest absolute Gasteiger partial charge is 0.270 e. The van der Waals surface area contributed by atoms with E-state index in [9.17, 15) is 10.1 Å². The molecule has 0 unspecified atom stereocenters. The summed E-state index contributed by atoms with van der Waals surface area (Å²) in [5.74, 6) is 0. The third kappa shape index (κ3) is 1.96. The Kier molecular flexibility index (Phi) is 2.74. The summed E-state index contributed by atoms with van der Waals surface area (Å²) in [4.78, 5) is 16.0. The molecule has 0 bridgehead atoms. The summed E-state index contributed by atoms with van der Waals surface area (Å²) in [7, 11) is 0. The Morgan fingerprint density at radius 2 is 2.09 bits per heavy atom. The van der Waals surface area contributed by atoms with Gasteiger partial charge in [-0.3, -0.25) is 14.5 Å². The third-order valence-corrected chi connectivity index (χ3v) is 4.62. The van der Waals surface area contributed by atoms with E-state index in [-0.39, 0.29) is 10.6 Å². The highest BCUT2D eigenvalue weighted by Gasteiger charge is 2.12. The molecule has 5 nitrogen and oxygen atoms in total. The summed E-state index contributed by atoms with van der Waals surface area (Å²) in [5, 5.41) is 10.9. The molecule has 0 aliphatic rings. The van der Waals surface area contributed by atoms with Crippen molar-refractivity contribution in [1.82, 2.24) is 9.38 Å². The van der Waals surface area contributed by atoms with Gasteiger partial charge in [-0.1, -0.05) is 29.5 Å². The highest BCUT2D eigenvalue weighted by molar-refractivity contribution is 7.23. The van der Waals surface area contributed by atoms with Crippen LogP contribution in [0.25, 0.3) is 26.4 Å². The van der Waals surface area contributed by atoms with Gasteiger partial charge in [-0.05, 0) is 24.6 Å². The van der Waals surface area contributed by atoms with Crippen LogP contribution in [0.5, 0.6) is 0 Å². The van der Waals surface area contributed by atoms with Crippen molar-refractivity contribution in [2.45, 2.75) is 6.92 Å². The molecule has 0 atom stereocenters. The van der Waals surface area contributed by atoms with E-state index in [0.717, 1.165) is 21.7 Å². The topological polar surface area (TPSA) is 60.4 Å².